The molecule has 0 radical (unpaired) electrons. The van der Waals surface area contributed by atoms with Gasteiger partial charge in [0.05, 0.1) is 7.11 Å². The van der Waals surface area contributed by atoms with Crippen LogP contribution in [0.4, 0.5) is 5.69 Å². The van der Waals surface area contributed by atoms with Crippen molar-refractivity contribution in [2.45, 2.75) is 38.0 Å². The van der Waals surface area contributed by atoms with Gasteiger partial charge in [0.15, 0.2) is 0 Å². The number of nitrogen functional groups attached to an aromatic ring is 1. The van der Waals surface area contributed by atoms with E-state index in [9.17, 15) is 0 Å². The minimum absolute atomic E-state index is 0.700. The molecule has 19 heavy (non-hydrogen) atoms. The molecule has 1 aromatic rings. The highest BCUT2D eigenvalue weighted by atomic mass is 16.5. The van der Waals surface area contributed by atoms with E-state index in [0.717, 1.165) is 35.1 Å². The summed E-state index contributed by atoms with van der Waals surface area (Å²) >= 11 is 0. The first-order valence-corrected chi connectivity index (χ1v) is 7.68. The van der Waals surface area contributed by atoms with Gasteiger partial charge in [-0.05, 0) is 85.5 Å². The average molecular weight is 257 g/mol. The summed E-state index contributed by atoms with van der Waals surface area (Å²) in [4.78, 5) is 0. The zero-order chi connectivity index (χ0) is 13.0. The topological polar surface area (TPSA) is 35.2 Å². The van der Waals surface area contributed by atoms with Crippen LogP contribution in [0.1, 0.15) is 43.6 Å². The zero-order valence-corrected chi connectivity index (χ0v) is 11.6. The van der Waals surface area contributed by atoms with Gasteiger partial charge in [0, 0.05) is 5.69 Å². The van der Waals surface area contributed by atoms with Crippen molar-refractivity contribution in [2.75, 3.05) is 12.8 Å². The molecule has 102 valence electrons. The lowest BCUT2D eigenvalue weighted by Gasteiger charge is -2.54. The van der Waals surface area contributed by atoms with Gasteiger partial charge in [-0.25, -0.2) is 0 Å². The highest BCUT2D eigenvalue weighted by Gasteiger charge is 2.49. The molecule has 0 amide bonds. The third-order valence-electron chi connectivity index (χ3n) is 5.84. The molecule has 4 saturated carbocycles. The van der Waals surface area contributed by atoms with E-state index < -0.39 is 0 Å². The van der Waals surface area contributed by atoms with E-state index in [0.29, 0.717) is 5.92 Å². The van der Waals surface area contributed by atoms with Gasteiger partial charge in [-0.15, -0.1) is 0 Å². The molecular weight excluding hydrogens is 234 g/mol. The fourth-order valence-electron chi connectivity index (χ4n) is 5.45. The van der Waals surface area contributed by atoms with Gasteiger partial charge >= 0.3 is 0 Å². The molecule has 1 aromatic carbocycles. The second-order valence-electron chi connectivity index (χ2n) is 6.96. The van der Waals surface area contributed by atoms with Crippen molar-refractivity contribution >= 4 is 5.69 Å². The number of anilines is 1. The number of hydrogen-bond acceptors (Lipinski definition) is 2. The molecule has 2 N–H and O–H groups in total. The fraction of sp³-hybridized carbons (Fsp3) is 0.647. The van der Waals surface area contributed by atoms with E-state index in [-0.39, 0.29) is 0 Å². The van der Waals surface area contributed by atoms with E-state index in [1.807, 2.05) is 6.07 Å². The first-order chi connectivity index (χ1) is 9.24. The van der Waals surface area contributed by atoms with Crippen LogP contribution in [-0.2, 0) is 0 Å². The Morgan fingerprint density at radius 3 is 2.21 bits per heavy atom. The van der Waals surface area contributed by atoms with Crippen molar-refractivity contribution in [3.05, 3.63) is 23.8 Å². The van der Waals surface area contributed by atoms with Crippen LogP contribution in [0.2, 0.25) is 0 Å². The zero-order valence-electron chi connectivity index (χ0n) is 11.6. The summed E-state index contributed by atoms with van der Waals surface area (Å²) in [6.45, 7) is 0. The summed E-state index contributed by atoms with van der Waals surface area (Å²) in [6.07, 6.45) is 7.27. The van der Waals surface area contributed by atoms with Crippen molar-refractivity contribution in [2.24, 2.45) is 23.7 Å². The smallest absolute Gasteiger partial charge is 0.122 e. The fourth-order valence-corrected chi connectivity index (χ4v) is 5.45. The molecule has 0 atom stereocenters. The molecule has 0 aliphatic heterocycles. The average Bonchev–Trinajstić information content (AvgIpc) is 2.37. The molecule has 4 aliphatic rings. The molecule has 0 spiro atoms. The van der Waals surface area contributed by atoms with Crippen LogP contribution < -0.4 is 10.5 Å². The van der Waals surface area contributed by atoms with E-state index in [1.165, 1.54) is 37.7 Å². The molecule has 0 aromatic heterocycles. The lowest BCUT2D eigenvalue weighted by Crippen LogP contribution is -2.43. The van der Waals surface area contributed by atoms with Crippen LogP contribution in [0.15, 0.2) is 18.2 Å². The molecule has 4 aliphatic carbocycles. The summed E-state index contributed by atoms with van der Waals surface area (Å²) in [5.41, 5.74) is 8.28. The Bertz CT molecular complexity index is 468. The number of hydrogen-bond donors (Lipinski definition) is 1. The van der Waals surface area contributed by atoms with Crippen LogP contribution >= 0.6 is 0 Å². The van der Waals surface area contributed by atoms with Gasteiger partial charge in [0.2, 0.25) is 0 Å². The van der Waals surface area contributed by atoms with E-state index >= 15 is 0 Å². The predicted molar refractivity (Wildman–Crippen MR) is 77.2 cm³/mol. The summed E-state index contributed by atoms with van der Waals surface area (Å²) < 4.78 is 5.60. The van der Waals surface area contributed by atoms with Crippen molar-refractivity contribution in [1.29, 1.82) is 0 Å². The first kappa shape index (κ1) is 11.6. The summed E-state index contributed by atoms with van der Waals surface area (Å²) in [7, 11) is 1.78. The normalized spacial score (nSPS) is 39.5. The Labute approximate surface area is 115 Å². The predicted octanol–water partition coefficient (Wildman–Crippen LogP) is 3.82. The van der Waals surface area contributed by atoms with Crippen LogP contribution in [-0.4, -0.2) is 7.11 Å². The largest absolute Gasteiger partial charge is 0.496 e. The maximum absolute atomic E-state index is 6.02. The van der Waals surface area contributed by atoms with Gasteiger partial charge in [0.1, 0.15) is 5.75 Å². The number of rotatable bonds is 2. The van der Waals surface area contributed by atoms with Crippen molar-refractivity contribution in [3.8, 4) is 5.75 Å². The van der Waals surface area contributed by atoms with Gasteiger partial charge < -0.3 is 10.5 Å². The minimum atomic E-state index is 0.700. The molecule has 5 rings (SSSR count). The number of ether oxygens (including phenoxy) is 1. The van der Waals surface area contributed by atoms with Crippen molar-refractivity contribution < 1.29 is 4.74 Å². The highest BCUT2D eigenvalue weighted by Crippen LogP contribution is 2.60. The Morgan fingerprint density at radius 1 is 1.00 bits per heavy atom. The second kappa shape index (κ2) is 4.16. The monoisotopic (exact) mass is 257 g/mol. The molecule has 4 fully saturated rings. The third-order valence-corrected chi connectivity index (χ3v) is 5.84. The molecule has 0 saturated heterocycles. The van der Waals surface area contributed by atoms with Crippen LogP contribution in [0.5, 0.6) is 5.75 Å². The SMILES string of the molecule is COc1ccc(N)cc1C1C2CC3CC(C2)CC1C3. The van der Waals surface area contributed by atoms with E-state index in [4.69, 9.17) is 10.5 Å². The lowest BCUT2D eigenvalue weighted by atomic mass is 9.50. The van der Waals surface area contributed by atoms with E-state index in [2.05, 4.69) is 12.1 Å². The van der Waals surface area contributed by atoms with Crippen molar-refractivity contribution in [1.82, 2.24) is 0 Å². The lowest BCUT2D eigenvalue weighted by molar-refractivity contribution is -0.00345. The van der Waals surface area contributed by atoms with Crippen LogP contribution in [0.25, 0.3) is 0 Å². The Morgan fingerprint density at radius 2 is 1.63 bits per heavy atom. The van der Waals surface area contributed by atoms with Gasteiger partial charge in [0.25, 0.3) is 0 Å². The Balaban J connectivity index is 1.74. The maximum atomic E-state index is 6.02. The molecule has 2 heteroatoms. The quantitative estimate of drug-likeness (QED) is 0.817. The maximum Gasteiger partial charge on any atom is 0.122 e. The number of nitrogens with two attached hydrogens (primary N) is 1. The molecule has 2 nitrogen and oxygen atoms in total. The first-order valence-electron chi connectivity index (χ1n) is 7.68. The second-order valence-corrected chi connectivity index (χ2v) is 6.96. The van der Waals surface area contributed by atoms with E-state index in [1.54, 1.807) is 7.11 Å². The molecular formula is C17H23NO. The number of methoxy groups -OCH3 is 1. The third kappa shape index (κ3) is 1.76. The summed E-state index contributed by atoms with van der Waals surface area (Å²) in [5.74, 6) is 5.55. The Hall–Kier alpha value is -1.18. The van der Waals surface area contributed by atoms with Crippen LogP contribution in [0.3, 0.4) is 0 Å². The molecule has 4 bridgehead atoms. The summed E-state index contributed by atoms with van der Waals surface area (Å²) in [6, 6.07) is 6.18. The standard InChI is InChI=1S/C17H23NO/c1-19-16-3-2-14(18)9-15(16)17-12-5-10-4-11(7-12)8-13(17)6-10/h2-3,9-13,17H,4-8,18H2,1H3. The highest BCUT2D eigenvalue weighted by molar-refractivity contribution is 5.50. The minimum Gasteiger partial charge on any atom is -0.496 e. The Kier molecular flexibility index (Phi) is 2.54. The number of benzene rings is 1. The summed E-state index contributed by atoms with van der Waals surface area (Å²) in [5, 5.41) is 0. The van der Waals surface area contributed by atoms with Gasteiger partial charge in [-0.2, -0.15) is 0 Å². The van der Waals surface area contributed by atoms with Crippen molar-refractivity contribution in [3.63, 3.8) is 0 Å². The van der Waals surface area contributed by atoms with Gasteiger partial charge in [-0.1, -0.05) is 0 Å². The molecule has 0 heterocycles. The molecule has 0 unspecified atom stereocenters. The van der Waals surface area contributed by atoms with Gasteiger partial charge in [-0.3, -0.25) is 0 Å². The van der Waals surface area contributed by atoms with Crippen LogP contribution in [0, 0.1) is 23.7 Å².